The zero-order chi connectivity index (χ0) is 13.1. The highest BCUT2D eigenvalue weighted by atomic mass is 19.1. The molecule has 0 amide bonds. The summed E-state index contributed by atoms with van der Waals surface area (Å²) < 4.78 is 13.9. The van der Waals surface area contributed by atoms with Crippen LogP contribution in [0.5, 0.6) is 0 Å². The number of hydrogen-bond donors (Lipinski definition) is 2. The Kier molecular flexibility index (Phi) is 3.74. The minimum absolute atomic E-state index is 0.111. The summed E-state index contributed by atoms with van der Waals surface area (Å²) in [6.45, 7) is 1.81. The van der Waals surface area contributed by atoms with Crippen molar-refractivity contribution in [2.75, 3.05) is 5.32 Å². The molecule has 1 aromatic heterocycles. The summed E-state index contributed by atoms with van der Waals surface area (Å²) in [4.78, 5) is 18.7. The van der Waals surface area contributed by atoms with Gasteiger partial charge in [-0.2, -0.15) is 0 Å². The maximum absolute atomic E-state index is 13.9. The molecule has 1 aromatic rings. The van der Waals surface area contributed by atoms with E-state index in [1.165, 1.54) is 6.33 Å². The van der Waals surface area contributed by atoms with Crippen molar-refractivity contribution in [2.24, 2.45) is 5.92 Å². The number of aliphatic carboxylic acids is 1. The fraction of sp³-hybridized carbons (Fsp3) is 0.583. The Bertz CT molecular complexity index is 453. The van der Waals surface area contributed by atoms with Gasteiger partial charge in [0.2, 0.25) is 0 Å². The third-order valence-electron chi connectivity index (χ3n) is 3.35. The van der Waals surface area contributed by atoms with E-state index >= 15 is 0 Å². The van der Waals surface area contributed by atoms with Gasteiger partial charge in [-0.15, -0.1) is 0 Å². The Hall–Kier alpha value is -1.72. The molecule has 2 rings (SSSR count). The molecule has 1 aliphatic carbocycles. The fourth-order valence-electron chi connectivity index (χ4n) is 2.36. The van der Waals surface area contributed by atoms with Gasteiger partial charge in [0.15, 0.2) is 11.6 Å². The highest BCUT2D eigenvalue weighted by Crippen LogP contribution is 2.29. The number of anilines is 1. The monoisotopic (exact) mass is 253 g/mol. The number of carboxylic acids is 1. The molecular weight excluding hydrogens is 237 g/mol. The molecule has 18 heavy (non-hydrogen) atoms. The molecule has 98 valence electrons. The van der Waals surface area contributed by atoms with Crippen LogP contribution in [0, 0.1) is 11.7 Å². The zero-order valence-electron chi connectivity index (χ0n) is 10.2. The molecule has 2 atom stereocenters. The van der Waals surface area contributed by atoms with Crippen molar-refractivity contribution in [3.63, 3.8) is 0 Å². The van der Waals surface area contributed by atoms with Gasteiger partial charge in [-0.1, -0.05) is 13.3 Å². The average Bonchev–Trinajstić information content (AvgIpc) is 2.80. The molecule has 0 unspecified atom stereocenters. The lowest BCUT2D eigenvalue weighted by atomic mass is 10.0. The maximum atomic E-state index is 13.9. The number of halogens is 1. The molecule has 0 aliphatic heterocycles. The summed E-state index contributed by atoms with van der Waals surface area (Å²) >= 11 is 0. The Morgan fingerprint density at radius 3 is 3.00 bits per heavy atom. The number of carboxylic acid groups (broad SMARTS) is 1. The molecule has 0 bridgehead atoms. The van der Waals surface area contributed by atoms with E-state index in [2.05, 4.69) is 15.3 Å². The minimum Gasteiger partial charge on any atom is -0.481 e. The van der Waals surface area contributed by atoms with Crippen LogP contribution < -0.4 is 5.32 Å². The Labute approximate surface area is 104 Å². The Morgan fingerprint density at radius 2 is 2.33 bits per heavy atom. The van der Waals surface area contributed by atoms with Crippen LogP contribution in [-0.4, -0.2) is 27.1 Å². The van der Waals surface area contributed by atoms with E-state index in [4.69, 9.17) is 5.11 Å². The van der Waals surface area contributed by atoms with E-state index in [1.54, 1.807) is 0 Å². The number of hydrogen-bond acceptors (Lipinski definition) is 4. The molecule has 1 aliphatic rings. The normalized spacial score (nSPS) is 23.0. The van der Waals surface area contributed by atoms with E-state index in [0.29, 0.717) is 18.5 Å². The van der Waals surface area contributed by atoms with Gasteiger partial charge in [-0.05, 0) is 19.3 Å². The van der Waals surface area contributed by atoms with E-state index in [0.717, 1.165) is 12.8 Å². The quantitative estimate of drug-likeness (QED) is 0.856. The van der Waals surface area contributed by atoms with Gasteiger partial charge in [0.25, 0.3) is 0 Å². The van der Waals surface area contributed by atoms with Gasteiger partial charge in [-0.3, -0.25) is 4.79 Å². The number of nitrogens with zero attached hydrogens (tertiary/aromatic N) is 2. The second-order valence-electron chi connectivity index (χ2n) is 4.46. The van der Waals surface area contributed by atoms with E-state index in [9.17, 15) is 9.18 Å². The minimum atomic E-state index is -0.838. The number of rotatable bonds is 4. The van der Waals surface area contributed by atoms with Gasteiger partial charge < -0.3 is 10.4 Å². The first-order chi connectivity index (χ1) is 8.63. The van der Waals surface area contributed by atoms with Crippen molar-refractivity contribution >= 4 is 11.8 Å². The SMILES string of the molecule is CCc1ncnc(N[C@@H]2CCC[C@@H]2C(=O)O)c1F. The molecule has 1 saturated carbocycles. The van der Waals surface area contributed by atoms with Crippen molar-refractivity contribution in [2.45, 2.75) is 38.6 Å². The third-order valence-corrected chi connectivity index (χ3v) is 3.35. The van der Waals surface area contributed by atoms with Crippen molar-refractivity contribution in [1.29, 1.82) is 0 Å². The first-order valence-corrected chi connectivity index (χ1v) is 6.12. The summed E-state index contributed by atoms with van der Waals surface area (Å²) in [7, 11) is 0. The largest absolute Gasteiger partial charge is 0.481 e. The van der Waals surface area contributed by atoms with Gasteiger partial charge in [-0.25, -0.2) is 14.4 Å². The number of carbonyl (C=O) groups is 1. The summed E-state index contributed by atoms with van der Waals surface area (Å²) in [6, 6.07) is -0.253. The first-order valence-electron chi connectivity index (χ1n) is 6.12. The summed E-state index contributed by atoms with van der Waals surface area (Å²) in [6.07, 6.45) is 3.97. The van der Waals surface area contributed by atoms with Crippen LogP contribution in [0.15, 0.2) is 6.33 Å². The molecule has 6 heteroatoms. The summed E-state index contributed by atoms with van der Waals surface area (Å²) in [5.41, 5.74) is 0.345. The molecule has 0 radical (unpaired) electrons. The van der Waals surface area contributed by atoms with E-state index in [1.807, 2.05) is 6.92 Å². The molecule has 1 heterocycles. The highest BCUT2D eigenvalue weighted by Gasteiger charge is 2.33. The lowest BCUT2D eigenvalue weighted by molar-refractivity contribution is -0.141. The predicted molar refractivity (Wildman–Crippen MR) is 63.8 cm³/mol. The molecule has 0 aromatic carbocycles. The lowest BCUT2D eigenvalue weighted by Gasteiger charge is -2.18. The molecule has 2 N–H and O–H groups in total. The van der Waals surface area contributed by atoms with Crippen LogP contribution in [0.25, 0.3) is 0 Å². The van der Waals surface area contributed by atoms with Crippen molar-refractivity contribution < 1.29 is 14.3 Å². The summed E-state index contributed by atoms with van der Waals surface area (Å²) in [5, 5.41) is 12.0. The van der Waals surface area contributed by atoms with Crippen LogP contribution in [0.1, 0.15) is 31.9 Å². The second kappa shape index (κ2) is 5.29. The van der Waals surface area contributed by atoms with Crippen LogP contribution in [0.3, 0.4) is 0 Å². The first kappa shape index (κ1) is 12.7. The summed E-state index contributed by atoms with van der Waals surface area (Å²) in [5.74, 6) is -1.67. The maximum Gasteiger partial charge on any atom is 0.308 e. The second-order valence-corrected chi connectivity index (χ2v) is 4.46. The molecular formula is C12H16FN3O2. The molecule has 1 fully saturated rings. The number of nitrogens with one attached hydrogen (secondary N) is 1. The predicted octanol–water partition coefficient (Wildman–Crippen LogP) is 1.84. The highest BCUT2D eigenvalue weighted by molar-refractivity contribution is 5.72. The lowest BCUT2D eigenvalue weighted by Crippen LogP contribution is -2.30. The smallest absolute Gasteiger partial charge is 0.308 e. The van der Waals surface area contributed by atoms with Crippen molar-refractivity contribution in [1.82, 2.24) is 9.97 Å². The zero-order valence-corrected chi connectivity index (χ0v) is 10.2. The number of aryl methyl sites for hydroxylation is 1. The molecule has 5 nitrogen and oxygen atoms in total. The Morgan fingerprint density at radius 1 is 1.56 bits per heavy atom. The van der Waals surface area contributed by atoms with Crippen molar-refractivity contribution in [3.8, 4) is 0 Å². The van der Waals surface area contributed by atoms with Gasteiger partial charge in [0, 0.05) is 6.04 Å². The van der Waals surface area contributed by atoms with Gasteiger partial charge in [0.1, 0.15) is 6.33 Å². The van der Waals surface area contributed by atoms with E-state index < -0.39 is 17.7 Å². The van der Waals surface area contributed by atoms with Gasteiger partial charge in [0.05, 0.1) is 11.6 Å². The molecule has 0 saturated heterocycles. The topological polar surface area (TPSA) is 75.1 Å². The standard InChI is InChI=1S/C12H16FN3O2/c1-2-8-10(13)11(15-6-14-8)16-9-5-3-4-7(9)12(17)18/h6-7,9H,2-5H2,1H3,(H,17,18)(H,14,15,16)/t7-,9+/m0/s1. The number of aromatic nitrogens is 2. The van der Waals surface area contributed by atoms with Gasteiger partial charge >= 0.3 is 5.97 Å². The fourth-order valence-corrected chi connectivity index (χ4v) is 2.36. The van der Waals surface area contributed by atoms with Crippen LogP contribution >= 0.6 is 0 Å². The van der Waals surface area contributed by atoms with Crippen LogP contribution in [0.2, 0.25) is 0 Å². The van der Waals surface area contributed by atoms with Crippen molar-refractivity contribution in [3.05, 3.63) is 17.8 Å². The third kappa shape index (κ3) is 2.42. The van der Waals surface area contributed by atoms with E-state index in [-0.39, 0.29) is 11.9 Å². The Balaban J connectivity index is 2.16. The van der Waals surface area contributed by atoms with Crippen LogP contribution in [0.4, 0.5) is 10.2 Å². The molecule has 0 spiro atoms. The van der Waals surface area contributed by atoms with Crippen LogP contribution in [-0.2, 0) is 11.2 Å². The average molecular weight is 253 g/mol.